The lowest BCUT2D eigenvalue weighted by molar-refractivity contribution is 1.71. The van der Waals surface area contributed by atoms with Crippen molar-refractivity contribution < 1.29 is 0 Å². The molecule has 0 unspecified atom stereocenters. The second-order valence-electron chi connectivity index (χ2n) is 13.8. The molecule has 0 saturated carbocycles. The highest BCUT2D eigenvalue weighted by molar-refractivity contribution is 8.44. The maximum atomic E-state index is 2.97. The van der Waals surface area contributed by atoms with Crippen LogP contribution < -0.4 is 0 Å². The summed E-state index contributed by atoms with van der Waals surface area (Å²) in [4.78, 5) is 0. The summed E-state index contributed by atoms with van der Waals surface area (Å²) >= 11 is 0. The molecule has 8 heteroatoms. The van der Waals surface area contributed by atoms with E-state index < -0.39 is 56.9 Å². The molecule has 0 nitrogen and oxygen atoms in total. The van der Waals surface area contributed by atoms with E-state index in [2.05, 4.69) is 105 Å². The SMILES string of the molecule is C[Si](C)(C)[Si]1([Si](C)(C)C)[Si](C)(C)[Si](C)(C)[Si]1([Si](C)(C)C)[Si](C)(C)C. The third kappa shape index (κ3) is 2.26. The first-order chi connectivity index (χ1) is 10.0. The molecule has 0 N–H and O–H groups in total. The first-order valence-corrected chi connectivity index (χ1v) is 42.0. The molecule has 1 saturated heterocycles. The Bertz CT molecular complexity index is 432. The van der Waals surface area contributed by atoms with Crippen molar-refractivity contribution in [1.29, 1.82) is 0 Å². The first kappa shape index (κ1) is 23.8. The van der Waals surface area contributed by atoms with Gasteiger partial charge in [-0.3, -0.25) is 0 Å². The van der Waals surface area contributed by atoms with Crippen LogP contribution in [0.15, 0.2) is 0 Å². The predicted octanol–water partition coefficient (Wildman–Crippen LogP) is 6.29. The van der Waals surface area contributed by atoms with Gasteiger partial charge in [-0.05, 0) is 0 Å². The molecule has 0 amide bonds. The van der Waals surface area contributed by atoms with E-state index in [1.807, 2.05) is 0 Å². The van der Waals surface area contributed by atoms with Gasteiger partial charge in [0.15, 0.2) is 0 Å². The van der Waals surface area contributed by atoms with Gasteiger partial charge in [-0.15, -0.1) is 0 Å². The molecule has 1 fully saturated rings. The van der Waals surface area contributed by atoms with Crippen LogP contribution in [-0.2, 0) is 0 Å². The Morgan fingerprint density at radius 3 is 0.542 bits per heavy atom. The Hall–Kier alpha value is 1.74. The van der Waals surface area contributed by atoms with Crippen LogP contribution in [0.1, 0.15) is 0 Å². The topological polar surface area (TPSA) is 0 Å². The fraction of sp³-hybridized carbons (Fsp3) is 1.00. The largest absolute Gasteiger partial charge is 0.0739 e. The monoisotopic (exact) mass is 464 g/mol. The molecular formula is C16H48Si8. The van der Waals surface area contributed by atoms with Gasteiger partial charge in [0.1, 0.15) is 0 Å². The normalized spacial score (nSPS) is 26.0. The van der Waals surface area contributed by atoms with Gasteiger partial charge in [0.2, 0.25) is 0 Å². The van der Waals surface area contributed by atoms with Gasteiger partial charge in [-0.25, -0.2) is 0 Å². The molecule has 1 aliphatic heterocycles. The molecule has 0 aliphatic carbocycles. The molecule has 0 aromatic heterocycles. The minimum Gasteiger partial charge on any atom is -0.0739 e. The van der Waals surface area contributed by atoms with Crippen molar-refractivity contribution in [2.45, 2.75) is 105 Å². The molecular weight excluding hydrogens is 417 g/mol. The molecule has 0 atom stereocenters. The van der Waals surface area contributed by atoms with Gasteiger partial charge in [0.25, 0.3) is 0 Å². The van der Waals surface area contributed by atoms with Gasteiger partial charge in [-0.2, -0.15) is 0 Å². The number of hydrogen-bond acceptors (Lipinski definition) is 0. The molecule has 0 aromatic carbocycles. The second-order valence-corrected chi connectivity index (χ2v) is 113. The van der Waals surface area contributed by atoms with E-state index in [9.17, 15) is 0 Å². The van der Waals surface area contributed by atoms with Gasteiger partial charge in [0, 0.05) is 56.9 Å². The highest BCUT2D eigenvalue weighted by Crippen LogP contribution is 2.63. The molecule has 1 aliphatic rings. The van der Waals surface area contributed by atoms with Crippen molar-refractivity contribution >= 4 is 56.9 Å². The van der Waals surface area contributed by atoms with Crippen LogP contribution >= 0.6 is 0 Å². The predicted molar refractivity (Wildman–Crippen MR) is 140 cm³/mol. The summed E-state index contributed by atoms with van der Waals surface area (Å²) in [6, 6.07) is 0. The van der Waals surface area contributed by atoms with Crippen molar-refractivity contribution in [2.24, 2.45) is 0 Å². The lowest BCUT2D eigenvalue weighted by Crippen LogP contribution is -3.21. The van der Waals surface area contributed by atoms with Crippen molar-refractivity contribution in [2.75, 3.05) is 0 Å². The van der Waals surface area contributed by atoms with Crippen LogP contribution in [0.3, 0.4) is 0 Å². The van der Waals surface area contributed by atoms with Crippen molar-refractivity contribution in [3.05, 3.63) is 0 Å². The van der Waals surface area contributed by atoms with E-state index in [4.69, 9.17) is 0 Å². The van der Waals surface area contributed by atoms with E-state index in [-0.39, 0.29) is 0 Å². The molecule has 0 spiro atoms. The van der Waals surface area contributed by atoms with Crippen LogP contribution in [0.5, 0.6) is 0 Å². The zero-order chi connectivity index (χ0) is 20.0. The second kappa shape index (κ2) is 5.63. The summed E-state index contributed by atoms with van der Waals surface area (Å²) in [5, 5.41) is 0. The standard InChI is InChI=1S/C16H48Si8/c1-17(2,3)23(18(4,5)6)21(13,14)22(15,16)24(23,19(7,8)9)20(10,11)12/h1-16H3. The summed E-state index contributed by atoms with van der Waals surface area (Å²) in [6.07, 6.45) is -2.24. The smallest absolute Gasteiger partial charge is 0.0303 e. The Morgan fingerprint density at radius 2 is 0.458 bits per heavy atom. The zero-order valence-electron chi connectivity index (χ0n) is 20.0. The van der Waals surface area contributed by atoms with Crippen LogP contribution in [0.2, 0.25) is 105 Å². The third-order valence-corrected chi connectivity index (χ3v) is 266. The fourth-order valence-corrected chi connectivity index (χ4v) is 572. The summed E-state index contributed by atoms with van der Waals surface area (Å²) < 4.78 is 0. The highest BCUT2D eigenvalue weighted by atomic mass is 30.6. The summed E-state index contributed by atoms with van der Waals surface area (Å²) in [6.45, 7) is 46.3. The van der Waals surface area contributed by atoms with E-state index in [1.54, 1.807) is 0 Å². The van der Waals surface area contributed by atoms with E-state index >= 15 is 0 Å². The maximum Gasteiger partial charge on any atom is 0.0303 e. The molecule has 144 valence electrons. The van der Waals surface area contributed by atoms with E-state index in [1.165, 1.54) is 0 Å². The van der Waals surface area contributed by atoms with Gasteiger partial charge in [-0.1, -0.05) is 105 Å². The average molecular weight is 465 g/mol. The maximum absolute atomic E-state index is 2.97. The van der Waals surface area contributed by atoms with Gasteiger partial charge in [0.05, 0.1) is 0 Å². The molecule has 0 bridgehead atoms. The first-order valence-electron chi connectivity index (χ1n) is 10.0. The van der Waals surface area contributed by atoms with Crippen molar-refractivity contribution in [1.82, 2.24) is 0 Å². The Kier molecular flexibility index (Phi) is 5.58. The van der Waals surface area contributed by atoms with Gasteiger partial charge < -0.3 is 0 Å². The summed E-state index contributed by atoms with van der Waals surface area (Å²) in [5.41, 5.74) is 0. The Labute approximate surface area is 161 Å². The average Bonchev–Trinajstić information content (AvgIpc) is 2.15. The summed E-state index contributed by atoms with van der Waals surface area (Å²) in [5.74, 6) is 0. The summed E-state index contributed by atoms with van der Waals surface area (Å²) in [7, 11) is -6.54. The van der Waals surface area contributed by atoms with Crippen LogP contribution in [0, 0.1) is 0 Å². The van der Waals surface area contributed by atoms with Crippen LogP contribution in [0.4, 0.5) is 0 Å². The van der Waals surface area contributed by atoms with Crippen molar-refractivity contribution in [3.63, 3.8) is 0 Å². The number of hydrogen-bond donors (Lipinski definition) is 0. The highest BCUT2D eigenvalue weighted by Gasteiger charge is 2.92. The molecule has 1 heterocycles. The van der Waals surface area contributed by atoms with Crippen LogP contribution in [0.25, 0.3) is 0 Å². The zero-order valence-corrected chi connectivity index (χ0v) is 28.0. The third-order valence-electron chi connectivity index (χ3n) is 8.50. The minimum absolute atomic E-state index is 1.05. The molecule has 0 aromatic rings. The Balaban J connectivity index is 4.25. The lowest BCUT2D eigenvalue weighted by Gasteiger charge is -2.89. The molecule has 24 heavy (non-hydrogen) atoms. The van der Waals surface area contributed by atoms with E-state index in [0.29, 0.717) is 0 Å². The quantitative estimate of drug-likeness (QED) is 0.428. The van der Waals surface area contributed by atoms with E-state index in [0.717, 1.165) is 0 Å². The van der Waals surface area contributed by atoms with Crippen molar-refractivity contribution in [3.8, 4) is 0 Å². The Morgan fingerprint density at radius 1 is 0.333 bits per heavy atom. The fourth-order valence-electron chi connectivity index (χ4n) is 10.1. The molecule has 0 radical (unpaired) electrons. The molecule has 1 rings (SSSR count). The lowest BCUT2D eigenvalue weighted by atomic mass is 11.8. The number of rotatable bonds is 4. The minimum atomic E-state index is -1.12. The van der Waals surface area contributed by atoms with Gasteiger partial charge >= 0.3 is 0 Å². The van der Waals surface area contributed by atoms with Crippen LogP contribution in [-0.4, -0.2) is 56.9 Å².